The monoisotopic (exact) mass is 344 g/mol. The number of rotatable bonds is 5. The third-order valence-electron chi connectivity index (χ3n) is 2.70. The molecule has 0 saturated heterocycles. The summed E-state index contributed by atoms with van der Waals surface area (Å²) < 4.78 is 6.35. The van der Waals surface area contributed by atoms with E-state index in [1.807, 2.05) is 24.3 Å². The Morgan fingerprint density at radius 2 is 1.81 bits per heavy atom. The van der Waals surface area contributed by atoms with Crippen molar-refractivity contribution in [2.75, 3.05) is 11.9 Å². The normalized spacial score (nSPS) is 9.71. The summed E-state index contributed by atoms with van der Waals surface area (Å²) in [7, 11) is 0. The SMILES string of the molecule is N#CCc1ccc(OCC(=O)Nc2ccc(Br)cc2)cc1. The Morgan fingerprint density at radius 1 is 1.14 bits per heavy atom. The van der Waals surface area contributed by atoms with Gasteiger partial charge in [-0.25, -0.2) is 0 Å². The number of hydrogen-bond acceptors (Lipinski definition) is 3. The summed E-state index contributed by atoms with van der Waals surface area (Å²) in [5.41, 5.74) is 1.64. The lowest BCUT2D eigenvalue weighted by Gasteiger charge is -2.08. The van der Waals surface area contributed by atoms with E-state index in [1.54, 1.807) is 24.3 Å². The number of carbonyl (C=O) groups is 1. The van der Waals surface area contributed by atoms with Gasteiger partial charge in [-0.05, 0) is 42.0 Å². The van der Waals surface area contributed by atoms with Gasteiger partial charge in [0.1, 0.15) is 5.75 Å². The molecule has 1 N–H and O–H groups in total. The van der Waals surface area contributed by atoms with Crippen molar-refractivity contribution in [3.8, 4) is 11.8 Å². The Bertz CT molecular complexity index is 645. The molecule has 106 valence electrons. The Kier molecular flexibility index (Phi) is 5.35. The van der Waals surface area contributed by atoms with Crippen molar-refractivity contribution < 1.29 is 9.53 Å². The largest absolute Gasteiger partial charge is 0.484 e. The van der Waals surface area contributed by atoms with E-state index in [1.165, 1.54) is 0 Å². The van der Waals surface area contributed by atoms with Crippen molar-refractivity contribution in [3.63, 3.8) is 0 Å². The molecule has 5 heteroatoms. The smallest absolute Gasteiger partial charge is 0.262 e. The second-order valence-electron chi connectivity index (χ2n) is 4.32. The maximum Gasteiger partial charge on any atom is 0.262 e. The summed E-state index contributed by atoms with van der Waals surface area (Å²) in [6.07, 6.45) is 0.365. The molecule has 1 amide bonds. The third kappa shape index (κ3) is 4.93. The number of nitrogens with zero attached hydrogens (tertiary/aromatic N) is 1. The fourth-order valence-corrected chi connectivity index (χ4v) is 1.94. The number of halogens is 1. The summed E-state index contributed by atoms with van der Waals surface area (Å²) in [4.78, 5) is 11.7. The van der Waals surface area contributed by atoms with Crippen LogP contribution in [0.2, 0.25) is 0 Å². The molecule has 0 radical (unpaired) electrons. The minimum absolute atomic E-state index is 0.0618. The first-order valence-electron chi connectivity index (χ1n) is 6.31. The predicted molar refractivity (Wildman–Crippen MR) is 84.0 cm³/mol. The molecule has 0 aliphatic heterocycles. The highest BCUT2D eigenvalue weighted by molar-refractivity contribution is 9.10. The van der Waals surface area contributed by atoms with E-state index < -0.39 is 0 Å². The van der Waals surface area contributed by atoms with Crippen LogP contribution in [-0.2, 0) is 11.2 Å². The predicted octanol–water partition coefficient (Wildman–Crippen LogP) is 3.53. The van der Waals surface area contributed by atoms with E-state index in [-0.39, 0.29) is 12.5 Å². The summed E-state index contributed by atoms with van der Waals surface area (Å²) in [6.45, 7) is -0.0618. The maximum absolute atomic E-state index is 11.7. The molecule has 0 aliphatic rings. The Balaban J connectivity index is 1.83. The van der Waals surface area contributed by atoms with Gasteiger partial charge in [0.15, 0.2) is 6.61 Å². The van der Waals surface area contributed by atoms with Gasteiger partial charge < -0.3 is 10.1 Å². The lowest BCUT2D eigenvalue weighted by molar-refractivity contribution is -0.118. The van der Waals surface area contributed by atoms with Crippen LogP contribution in [0.25, 0.3) is 0 Å². The van der Waals surface area contributed by atoms with Crippen molar-refractivity contribution in [1.82, 2.24) is 0 Å². The molecule has 4 nitrogen and oxygen atoms in total. The Labute approximate surface area is 131 Å². The fourth-order valence-electron chi connectivity index (χ4n) is 1.67. The highest BCUT2D eigenvalue weighted by Crippen LogP contribution is 2.15. The highest BCUT2D eigenvalue weighted by Gasteiger charge is 2.04. The molecule has 0 heterocycles. The maximum atomic E-state index is 11.7. The first-order chi connectivity index (χ1) is 10.2. The molecular weight excluding hydrogens is 332 g/mol. The van der Waals surface area contributed by atoms with Gasteiger partial charge in [0, 0.05) is 10.2 Å². The van der Waals surface area contributed by atoms with Crippen LogP contribution in [0.4, 0.5) is 5.69 Å². The van der Waals surface area contributed by atoms with Crippen LogP contribution in [0, 0.1) is 11.3 Å². The summed E-state index contributed by atoms with van der Waals surface area (Å²) in [5.74, 6) is 0.376. The first-order valence-corrected chi connectivity index (χ1v) is 7.11. The third-order valence-corrected chi connectivity index (χ3v) is 3.23. The van der Waals surface area contributed by atoms with Gasteiger partial charge in [0.2, 0.25) is 0 Å². The van der Waals surface area contributed by atoms with Crippen LogP contribution in [0.1, 0.15) is 5.56 Å². The van der Waals surface area contributed by atoms with Gasteiger partial charge in [0.05, 0.1) is 12.5 Å². The zero-order valence-corrected chi connectivity index (χ0v) is 12.8. The highest BCUT2D eigenvalue weighted by atomic mass is 79.9. The number of nitrogens with one attached hydrogen (secondary N) is 1. The van der Waals surface area contributed by atoms with E-state index in [4.69, 9.17) is 10.00 Å². The van der Waals surface area contributed by atoms with Crippen LogP contribution < -0.4 is 10.1 Å². The van der Waals surface area contributed by atoms with Gasteiger partial charge in [0.25, 0.3) is 5.91 Å². The molecule has 0 fully saturated rings. The fraction of sp³-hybridized carbons (Fsp3) is 0.125. The van der Waals surface area contributed by atoms with Crippen LogP contribution in [-0.4, -0.2) is 12.5 Å². The molecule has 0 aliphatic carbocycles. The molecule has 0 aromatic heterocycles. The second kappa shape index (κ2) is 7.46. The van der Waals surface area contributed by atoms with Crippen LogP contribution in [0.3, 0.4) is 0 Å². The molecule has 21 heavy (non-hydrogen) atoms. The Hall–Kier alpha value is -2.32. The van der Waals surface area contributed by atoms with E-state index in [9.17, 15) is 4.79 Å². The molecule has 0 spiro atoms. The van der Waals surface area contributed by atoms with Crippen molar-refractivity contribution in [2.24, 2.45) is 0 Å². The van der Waals surface area contributed by atoms with Gasteiger partial charge in [-0.15, -0.1) is 0 Å². The topological polar surface area (TPSA) is 62.1 Å². The minimum atomic E-state index is -0.224. The van der Waals surface area contributed by atoms with Crippen molar-refractivity contribution in [3.05, 3.63) is 58.6 Å². The first kappa shape index (κ1) is 15.1. The van der Waals surface area contributed by atoms with Gasteiger partial charge in [-0.3, -0.25) is 4.79 Å². The van der Waals surface area contributed by atoms with E-state index in [0.29, 0.717) is 12.2 Å². The molecule has 2 aromatic carbocycles. The zero-order chi connectivity index (χ0) is 15.1. The molecule has 0 atom stereocenters. The minimum Gasteiger partial charge on any atom is -0.484 e. The van der Waals surface area contributed by atoms with Crippen molar-refractivity contribution >= 4 is 27.5 Å². The standard InChI is InChI=1S/C16H13BrN2O2/c17-13-3-5-14(6-4-13)19-16(20)11-21-15-7-1-12(2-8-15)9-10-18/h1-8H,9,11H2,(H,19,20). The summed E-state index contributed by atoms with van der Waals surface area (Å²) in [6, 6.07) is 16.5. The van der Waals surface area contributed by atoms with E-state index in [2.05, 4.69) is 27.3 Å². The average molecular weight is 345 g/mol. The summed E-state index contributed by atoms with van der Waals surface area (Å²) in [5, 5.41) is 11.3. The number of anilines is 1. The Morgan fingerprint density at radius 3 is 2.43 bits per heavy atom. The molecule has 0 saturated carbocycles. The second-order valence-corrected chi connectivity index (χ2v) is 5.24. The van der Waals surface area contributed by atoms with Crippen molar-refractivity contribution in [1.29, 1.82) is 5.26 Å². The van der Waals surface area contributed by atoms with Gasteiger partial charge >= 0.3 is 0 Å². The van der Waals surface area contributed by atoms with E-state index >= 15 is 0 Å². The molecule has 0 bridgehead atoms. The summed E-state index contributed by atoms with van der Waals surface area (Å²) >= 11 is 3.33. The van der Waals surface area contributed by atoms with Crippen LogP contribution in [0.15, 0.2) is 53.0 Å². The zero-order valence-electron chi connectivity index (χ0n) is 11.2. The lowest BCUT2D eigenvalue weighted by Crippen LogP contribution is -2.20. The number of hydrogen-bond donors (Lipinski definition) is 1. The molecule has 2 aromatic rings. The number of carbonyl (C=O) groups excluding carboxylic acids is 1. The van der Waals surface area contributed by atoms with Gasteiger partial charge in [-0.2, -0.15) is 5.26 Å². The molecular formula is C16H13BrN2O2. The van der Waals surface area contributed by atoms with Gasteiger partial charge in [-0.1, -0.05) is 28.1 Å². The average Bonchev–Trinajstić information content (AvgIpc) is 2.49. The number of ether oxygens (including phenoxy) is 1. The number of amides is 1. The lowest BCUT2D eigenvalue weighted by atomic mass is 10.2. The number of benzene rings is 2. The van der Waals surface area contributed by atoms with Crippen LogP contribution >= 0.6 is 15.9 Å². The molecule has 0 unspecified atom stereocenters. The molecule has 2 rings (SSSR count). The quantitative estimate of drug-likeness (QED) is 0.902. The van der Waals surface area contributed by atoms with E-state index in [0.717, 1.165) is 15.7 Å². The van der Waals surface area contributed by atoms with Crippen LogP contribution in [0.5, 0.6) is 5.75 Å². The number of nitriles is 1. The van der Waals surface area contributed by atoms with Crippen molar-refractivity contribution in [2.45, 2.75) is 6.42 Å².